The summed E-state index contributed by atoms with van der Waals surface area (Å²) in [5.41, 5.74) is 2.04. The number of rotatable bonds is 12. The van der Waals surface area contributed by atoms with E-state index in [-0.39, 0.29) is 17.6 Å². The van der Waals surface area contributed by atoms with Gasteiger partial charge in [0.05, 0.1) is 25.5 Å². The molecular formula is C22H29N7O4S. The van der Waals surface area contributed by atoms with Crippen molar-refractivity contribution >= 4 is 35.0 Å². The molecular weight excluding hydrogens is 458 g/mol. The fourth-order valence-electron chi connectivity index (χ4n) is 3.11. The highest BCUT2D eigenvalue weighted by atomic mass is 32.2. The number of aryl methyl sites for hydroxylation is 1. The molecule has 0 aliphatic heterocycles. The maximum Gasteiger partial charge on any atom is 0.243 e. The van der Waals surface area contributed by atoms with Gasteiger partial charge in [-0.2, -0.15) is 0 Å². The lowest BCUT2D eigenvalue weighted by molar-refractivity contribution is -0.114. The van der Waals surface area contributed by atoms with Gasteiger partial charge >= 0.3 is 0 Å². The summed E-state index contributed by atoms with van der Waals surface area (Å²) in [6.07, 6.45) is 1.88. The molecule has 0 unspecified atom stereocenters. The van der Waals surface area contributed by atoms with Crippen molar-refractivity contribution in [2.75, 3.05) is 36.7 Å². The van der Waals surface area contributed by atoms with Crippen molar-refractivity contribution in [1.82, 2.24) is 24.5 Å². The van der Waals surface area contributed by atoms with Crippen LogP contribution in [0.15, 0.2) is 35.6 Å². The summed E-state index contributed by atoms with van der Waals surface area (Å²) >= 11 is 1.28. The summed E-state index contributed by atoms with van der Waals surface area (Å²) in [4.78, 5) is 23.6. The Labute approximate surface area is 202 Å². The van der Waals surface area contributed by atoms with Crippen LogP contribution in [-0.2, 0) is 27.4 Å². The van der Waals surface area contributed by atoms with Crippen LogP contribution in [0.25, 0.3) is 11.4 Å². The molecule has 3 rings (SSSR count). The summed E-state index contributed by atoms with van der Waals surface area (Å²) in [6, 6.07) is 6.91. The molecule has 0 aliphatic carbocycles. The van der Waals surface area contributed by atoms with E-state index >= 15 is 0 Å². The van der Waals surface area contributed by atoms with E-state index in [0.717, 1.165) is 5.56 Å². The first-order chi connectivity index (χ1) is 16.4. The van der Waals surface area contributed by atoms with Crippen molar-refractivity contribution in [3.8, 4) is 17.3 Å². The Hall–Kier alpha value is -3.38. The summed E-state index contributed by atoms with van der Waals surface area (Å²) in [5.74, 6) is 0.907. The summed E-state index contributed by atoms with van der Waals surface area (Å²) in [6.45, 7) is 7.48. The second-order valence-electron chi connectivity index (χ2n) is 7.18. The van der Waals surface area contributed by atoms with Crippen molar-refractivity contribution < 1.29 is 19.1 Å². The number of carbonyl (C=O) groups excluding carboxylic acids is 2. The minimum Gasteiger partial charge on any atom is -0.476 e. The van der Waals surface area contributed by atoms with Gasteiger partial charge in [-0.25, -0.2) is 0 Å². The Morgan fingerprint density at radius 3 is 2.41 bits per heavy atom. The molecule has 3 aromatic rings. The van der Waals surface area contributed by atoms with Crippen molar-refractivity contribution in [3.63, 3.8) is 0 Å². The normalized spacial score (nSPS) is 10.8. The molecule has 0 saturated carbocycles. The molecule has 0 bridgehead atoms. The van der Waals surface area contributed by atoms with Crippen molar-refractivity contribution in [1.29, 1.82) is 0 Å². The molecule has 1 aromatic carbocycles. The van der Waals surface area contributed by atoms with Crippen LogP contribution in [0.2, 0.25) is 0 Å². The van der Waals surface area contributed by atoms with E-state index in [1.807, 2.05) is 24.6 Å². The first-order valence-electron chi connectivity index (χ1n) is 10.9. The fourth-order valence-corrected chi connectivity index (χ4v) is 3.87. The molecule has 2 N–H and O–H groups in total. The van der Waals surface area contributed by atoms with Crippen LogP contribution in [0, 0.1) is 0 Å². The zero-order chi connectivity index (χ0) is 24.5. The molecule has 2 heterocycles. The van der Waals surface area contributed by atoms with Crippen molar-refractivity contribution in [2.45, 2.75) is 39.0 Å². The van der Waals surface area contributed by atoms with Crippen molar-refractivity contribution in [2.24, 2.45) is 0 Å². The van der Waals surface area contributed by atoms with Gasteiger partial charge in [0.1, 0.15) is 5.56 Å². The summed E-state index contributed by atoms with van der Waals surface area (Å²) in [7, 11) is 1.63. The van der Waals surface area contributed by atoms with E-state index in [0.29, 0.717) is 54.5 Å². The largest absolute Gasteiger partial charge is 0.476 e. The summed E-state index contributed by atoms with van der Waals surface area (Å²) < 4.78 is 14.6. The number of aromatic nitrogens is 5. The van der Waals surface area contributed by atoms with Crippen LogP contribution in [0.4, 0.5) is 11.4 Å². The smallest absolute Gasteiger partial charge is 0.243 e. The second kappa shape index (κ2) is 12.2. The quantitative estimate of drug-likeness (QED) is 0.374. The molecule has 34 heavy (non-hydrogen) atoms. The molecule has 0 fully saturated rings. The number of thioether (sulfide) groups is 1. The zero-order valence-electron chi connectivity index (χ0n) is 19.7. The second-order valence-corrected chi connectivity index (χ2v) is 8.13. The minimum absolute atomic E-state index is 0.144. The maximum atomic E-state index is 12.5. The highest BCUT2D eigenvalue weighted by Gasteiger charge is 2.21. The number of benzene rings is 1. The molecule has 12 heteroatoms. The Bertz CT molecular complexity index is 1110. The molecule has 0 saturated heterocycles. The van der Waals surface area contributed by atoms with Gasteiger partial charge in [0.15, 0.2) is 11.0 Å². The summed E-state index contributed by atoms with van der Waals surface area (Å²) in [5, 5.41) is 19.3. The highest BCUT2D eigenvalue weighted by Crippen LogP contribution is 2.30. The average Bonchev–Trinajstić information content (AvgIpc) is 3.40. The molecule has 0 radical (unpaired) electrons. The monoisotopic (exact) mass is 487 g/mol. The number of nitrogens with one attached hydrogen (secondary N) is 2. The van der Waals surface area contributed by atoms with Gasteiger partial charge in [0.25, 0.3) is 0 Å². The molecule has 182 valence electrons. The number of anilines is 2. The topological polar surface area (TPSA) is 125 Å². The number of hydrogen-bond acceptors (Lipinski definition) is 8. The lowest BCUT2D eigenvalue weighted by Gasteiger charge is -2.10. The van der Waals surface area contributed by atoms with Crippen LogP contribution in [-0.4, -0.2) is 62.4 Å². The fraction of sp³-hybridized carbons (Fsp3) is 0.409. The van der Waals surface area contributed by atoms with Gasteiger partial charge in [0, 0.05) is 38.1 Å². The lowest BCUT2D eigenvalue weighted by Crippen LogP contribution is -2.15. The van der Waals surface area contributed by atoms with Gasteiger partial charge in [-0.3, -0.25) is 18.8 Å². The average molecular weight is 488 g/mol. The van der Waals surface area contributed by atoms with Gasteiger partial charge in [0.2, 0.25) is 17.7 Å². The molecule has 0 aliphatic rings. The van der Waals surface area contributed by atoms with Gasteiger partial charge in [-0.15, -0.1) is 15.3 Å². The number of methoxy groups -OCH3 is 1. The van der Waals surface area contributed by atoms with E-state index in [2.05, 4.69) is 25.9 Å². The van der Waals surface area contributed by atoms with E-state index in [1.165, 1.54) is 18.7 Å². The zero-order valence-corrected chi connectivity index (χ0v) is 20.5. The molecule has 2 aromatic heterocycles. The Balaban J connectivity index is 1.72. The molecule has 0 spiro atoms. The van der Waals surface area contributed by atoms with Gasteiger partial charge in [-0.05, 0) is 38.1 Å². The first kappa shape index (κ1) is 25.2. The lowest BCUT2D eigenvalue weighted by atomic mass is 10.3. The van der Waals surface area contributed by atoms with Crippen LogP contribution in [0.5, 0.6) is 5.88 Å². The predicted molar refractivity (Wildman–Crippen MR) is 130 cm³/mol. The third-order valence-corrected chi connectivity index (χ3v) is 5.60. The first-order valence-corrected chi connectivity index (χ1v) is 11.9. The van der Waals surface area contributed by atoms with E-state index < -0.39 is 0 Å². The van der Waals surface area contributed by atoms with E-state index in [4.69, 9.17) is 9.47 Å². The van der Waals surface area contributed by atoms with Crippen LogP contribution >= 0.6 is 11.8 Å². The standard InChI is InChI=1S/C22H29N7O4S/c1-5-28-13-18(21(27-28)33-6-2)20-25-26-22(29(20)11-12-32-4)34-14-19(31)24-17-9-7-16(8-10-17)23-15(3)30/h7-10,13H,5-6,11-12,14H2,1-4H3,(H,23,30)(H,24,31). The maximum absolute atomic E-state index is 12.5. The van der Waals surface area contributed by atoms with Crippen LogP contribution in [0.1, 0.15) is 20.8 Å². The number of amides is 2. The van der Waals surface area contributed by atoms with Gasteiger partial charge < -0.3 is 20.1 Å². The molecule has 0 atom stereocenters. The number of nitrogens with zero attached hydrogens (tertiary/aromatic N) is 5. The van der Waals surface area contributed by atoms with Crippen molar-refractivity contribution in [3.05, 3.63) is 30.5 Å². The third kappa shape index (κ3) is 6.58. The molecule has 11 nitrogen and oxygen atoms in total. The van der Waals surface area contributed by atoms with E-state index in [9.17, 15) is 9.59 Å². The number of ether oxygens (including phenoxy) is 2. The SMILES string of the molecule is CCOc1nn(CC)cc1-c1nnc(SCC(=O)Nc2ccc(NC(C)=O)cc2)n1CCOC. The third-order valence-electron chi connectivity index (χ3n) is 4.63. The Morgan fingerprint density at radius 1 is 1.09 bits per heavy atom. The van der Waals surface area contributed by atoms with Crippen LogP contribution < -0.4 is 15.4 Å². The van der Waals surface area contributed by atoms with E-state index in [1.54, 1.807) is 36.1 Å². The Morgan fingerprint density at radius 2 is 1.79 bits per heavy atom. The highest BCUT2D eigenvalue weighted by molar-refractivity contribution is 7.99. The number of carbonyl (C=O) groups is 2. The van der Waals surface area contributed by atoms with Crippen LogP contribution in [0.3, 0.4) is 0 Å². The minimum atomic E-state index is -0.186. The Kier molecular flexibility index (Phi) is 9.05. The predicted octanol–water partition coefficient (Wildman–Crippen LogP) is 2.90. The number of hydrogen-bond donors (Lipinski definition) is 2. The van der Waals surface area contributed by atoms with Gasteiger partial charge in [-0.1, -0.05) is 11.8 Å². The molecule has 2 amide bonds.